The number of fused-ring (bicyclic) bond motifs is 1. The van der Waals surface area contributed by atoms with Gasteiger partial charge in [0.05, 0.1) is 0 Å². The summed E-state index contributed by atoms with van der Waals surface area (Å²) in [6.45, 7) is 6.23. The maximum atomic E-state index is 12.4. The molecule has 2 aromatic rings. The molecule has 0 saturated heterocycles. The Bertz CT molecular complexity index is 689. The molecule has 5 nitrogen and oxygen atoms in total. The molecule has 0 saturated carbocycles. The Hall–Kier alpha value is -1.95. The van der Waals surface area contributed by atoms with Crippen LogP contribution in [0.15, 0.2) is 24.3 Å². The van der Waals surface area contributed by atoms with Crippen molar-refractivity contribution in [2.45, 2.75) is 45.1 Å². The molecular formula is C16H20N4OS. The normalized spacial score (nSPS) is 18.3. The van der Waals surface area contributed by atoms with Gasteiger partial charge in [-0.2, -0.15) is 4.37 Å². The van der Waals surface area contributed by atoms with Crippen molar-refractivity contribution >= 4 is 28.3 Å². The van der Waals surface area contributed by atoms with Gasteiger partial charge in [0.2, 0.25) is 11.0 Å². The van der Waals surface area contributed by atoms with E-state index in [-0.39, 0.29) is 17.4 Å². The number of aromatic nitrogens is 2. The van der Waals surface area contributed by atoms with Crippen LogP contribution in [0.25, 0.3) is 0 Å². The zero-order valence-corrected chi connectivity index (χ0v) is 13.8. The van der Waals surface area contributed by atoms with Crippen LogP contribution in [0.2, 0.25) is 0 Å². The van der Waals surface area contributed by atoms with Gasteiger partial charge in [0.25, 0.3) is 0 Å². The van der Waals surface area contributed by atoms with Crippen molar-refractivity contribution in [3.05, 3.63) is 35.7 Å². The average Bonchev–Trinajstić information content (AvgIpc) is 2.87. The van der Waals surface area contributed by atoms with Gasteiger partial charge in [-0.25, -0.2) is 4.98 Å². The highest BCUT2D eigenvalue weighted by molar-refractivity contribution is 7.09. The van der Waals surface area contributed by atoms with E-state index in [1.165, 1.54) is 17.1 Å². The molecule has 1 unspecified atom stereocenters. The summed E-state index contributed by atoms with van der Waals surface area (Å²) in [5, 5.41) is 6.92. The fourth-order valence-corrected chi connectivity index (χ4v) is 3.19. The number of nitrogens with zero attached hydrogens (tertiary/aromatic N) is 2. The lowest BCUT2D eigenvalue weighted by Crippen LogP contribution is -2.33. The van der Waals surface area contributed by atoms with E-state index in [1.54, 1.807) is 0 Å². The summed E-state index contributed by atoms with van der Waals surface area (Å²) in [5.41, 5.74) is 2.00. The number of rotatable bonds is 2. The minimum Gasteiger partial charge on any atom is -0.348 e. The van der Waals surface area contributed by atoms with Crippen LogP contribution in [0.4, 0.5) is 10.8 Å². The number of benzene rings is 1. The van der Waals surface area contributed by atoms with Gasteiger partial charge in [0.15, 0.2) is 0 Å². The number of carbonyl (C=O) groups is 1. The molecule has 1 aliphatic heterocycles. The number of carbonyl (C=O) groups excluding carboxylic acids is 1. The zero-order chi connectivity index (χ0) is 15.7. The van der Waals surface area contributed by atoms with Crippen LogP contribution in [0, 0.1) is 0 Å². The van der Waals surface area contributed by atoms with Crippen LogP contribution in [0.3, 0.4) is 0 Å². The topological polar surface area (TPSA) is 66.9 Å². The quantitative estimate of drug-likeness (QED) is 0.893. The summed E-state index contributed by atoms with van der Waals surface area (Å²) in [7, 11) is 0. The Morgan fingerprint density at radius 3 is 2.82 bits per heavy atom. The van der Waals surface area contributed by atoms with Crippen LogP contribution in [0.1, 0.15) is 38.6 Å². The van der Waals surface area contributed by atoms with Gasteiger partial charge < -0.3 is 10.6 Å². The third-order valence-corrected chi connectivity index (χ3v) is 4.33. The molecule has 0 fully saturated rings. The van der Waals surface area contributed by atoms with E-state index in [9.17, 15) is 4.79 Å². The third kappa shape index (κ3) is 3.11. The first-order valence-electron chi connectivity index (χ1n) is 7.43. The van der Waals surface area contributed by atoms with E-state index >= 15 is 0 Å². The summed E-state index contributed by atoms with van der Waals surface area (Å²) >= 11 is 1.31. The van der Waals surface area contributed by atoms with Crippen molar-refractivity contribution in [1.82, 2.24) is 9.36 Å². The van der Waals surface area contributed by atoms with Crippen molar-refractivity contribution < 1.29 is 4.79 Å². The van der Waals surface area contributed by atoms with Crippen molar-refractivity contribution in [3.8, 4) is 0 Å². The Labute approximate surface area is 134 Å². The summed E-state index contributed by atoms with van der Waals surface area (Å²) in [6.07, 6.45) is 1.60. The smallest absolute Gasteiger partial charge is 0.246 e. The summed E-state index contributed by atoms with van der Waals surface area (Å²) < 4.78 is 4.38. The Morgan fingerprint density at radius 2 is 2.09 bits per heavy atom. The highest BCUT2D eigenvalue weighted by atomic mass is 32.1. The molecule has 1 aromatic heterocycles. The van der Waals surface area contributed by atoms with E-state index in [4.69, 9.17) is 0 Å². The zero-order valence-electron chi connectivity index (χ0n) is 13.0. The SMILES string of the molecule is CC(C)(C)c1nsc(NC2CCc3ccccc3NC2=O)n1. The van der Waals surface area contributed by atoms with Crippen molar-refractivity contribution in [1.29, 1.82) is 0 Å². The number of anilines is 2. The van der Waals surface area contributed by atoms with E-state index < -0.39 is 0 Å². The van der Waals surface area contributed by atoms with Crippen LogP contribution < -0.4 is 10.6 Å². The predicted molar refractivity (Wildman–Crippen MR) is 89.4 cm³/mol. The lowest BCUT2D eigenvalue weighted by molar-refractivity contribution is -0.116. The second-order valence-electron chi connectivity index (χ2n) is 6.56. The molecule has 0 radical (unpaired) electrons. The fraction of sp³-hybridized carbons (Fsp3) is 0.438. The monoisotopic (exact) mass is 316 g/mol. The maximum Gasteiger partial charge on any atom is 0.246 e. The van der Waals surface area contributed by atoms with E-state index in [0.29, 0.717) is 5.13 Å². The first-order chi connectivity index (χ1) is 10.4. The van der Waals surface area contributed by atoms with Gasteiger partial charge in [0, 0.05) is 22.6 Å². The molecule has 6 heteroatoms. The van der Waals surface area contributed by atoms with Crippen molar-refractivity contribution in [2.75, 3.05) is 10.6 Å². The second-order valence-corrected chi connectivity index (χ2v) is 7.31. The van der Waals surface area contributed by atoms with Crippen LogP contribution in [-0.2, 0) is 16.6 Å². The molecule has 3 rings (SSSR count). The number of nitrogens with one attached hydrogen (secondary N) is 2. The van der Waals surface area contributed by atoms with Crippen LogP contribution in [-0.4, -0.2) is 21.3 Å². The van der Waals surface area contributed by atoms with Gasteiger partial charge in [-0.05, 0) is 24.5 Å². The summed E-state index contributed by atoms with van der Waals surface area (Å²) in [4.78, 5) is 16.9. The average molecular weight is 316 g/mol. The molecule has 0 spiro atoms. The number of aryl methyl sites for hydroxylation is 1. The van der Waals surface area contributed by atoms with Gasteiger partial charge in [-0.15, -0.1) is 0 Å². The molecule has 2 N–H and O–H groups in total. The minimum absolute atomic E-state index is 0.0162. The second kappa shape index (κ2) is 5.68. The molecule has 22 heavy (non-hydrogen) atoms. The van der Waals surface area contributed by atoms with E-state index in [1.807, 2.05) is 18.2 Å². The minimum atomic E-state index is -0.284. The molecule has 1 aromatic carbocycles. The molecular weight excluding hydrogens is 296 g/mol. The van der Waals surface area contributed by atoms with E-state index in [0.717, 1.165) is 24.4 Å². The molecule has 116 valence electrons. The standard InChI is InChI=1S/C16H20N4OS/c1-16(2,3)14-19-15(22-20-14)18-12-9-8-10-6-4-5-7-11(10)17-13(12)21/h4-7,12H,8-9H2,1-3H3,(H,17,21)(H,18,19,20). The number of hydrogen-bond donors (Lipinski definition) is 2. The third-order valence-electron chi connectivity index (χ3n) is 3.69. The van der Waals surface area contributed by atoms with Gasteiger partial charge >= 0.3 is 0 Å². The molecule has 2 heterocycles. The number of para-hydroxylation sites is 1. The van der Waals surface area contributed by atoms with Gasteiger partial charge in [0.1, 0.15) is 11.9 Å². The highest BCUT2D eigenvalue weighted by Gasteiger charge is 2.25. The maximum absolute atomic E-state index is 12.4. The Kier molecular flexibility index (Phi) is 3.87. The predicted octanol–water partition coefficient (Wildman–Crippen LogP) is 3.20. The van der Waals surface area contributed by atoms with E-state index in [2.05, 4.69) is 46.8 Å². The lowest BCUT2D eigenvalue weighted by atomic mass is 9.96. The number of amides is 1. The molecule has 0 aliphatic carbocycles. The first-order valence-corrected chi connectivity index (χ1v) is 8.20. The summed E-state index contributed by atoms with van der Waals surface area (Å²) in [5.74, 6) is 0.787. The first kappa shape index (κ1) is 15.0. The van der Waals surface area contributed by atoms with Crippen molar-refractivity contribution in [3.63, 3.8) is 0 Å². The number of hydrogen-bond acceptors (Lipinski definition) is 5. The van der Waals surface area contributed by atoms with Gasteiger partial charge in [-0.1, -0.05) is 39.0 Å². The molecule has 0 bridgehead atoms. The lowest BCUT2D eigenvalue weighted by Gasteiger charge is -2.15. The highest BCUT2D eigenvalue weighted by Crippen LogP contribution is 2.26. The fourth-order valence-electron chi connectivity index (χ4n) is 2.38. The van der Waals surface area contributed by atoms with Crippen molar-refractivity contribution in [2.24, 2.45) is 0 Å². The van der Waals surface area contributed by atoms with Gasteiger partial charge in [-0.3, -0.25) is 4.79 Å². The Balaban J connectivity index is 1.74. The largest absolute Gasteiger partial charge is 0.348 e. The van der Waals surface area contributed by atoms with Crippen LogP contribution >= 0.6 is 11.5 Å². The molecule has 1 aliphatic rings. The Morgan fingerprint density at radius 1 is 1.32 bits per heavy atom. The van der Waals surface area contributed by atoms with Crippen LogP contribution in [0.5, 0.6) is 0 Å². The molecule has 1 amide bonds. The molecule has 1 atom stereocenters. The summed E-state index contributed by atoms with van der Waals surface area (Å²) in [6, 6.07) is 7.65.